The predicted molar refractivity (Wildman–Crippen MR) is 108 cm³/mol. The van der Waals surface area contributed by atoms with Crippen molar-refractivity contribution in [2.75, 3.05) is 30.8 Å². The van der Waals surface area contributed by atoms with E-state index in [0.717, 1.165) is 0 Å². The number of carbonyl (C=O) groups excluding carboxylic acids is 3. The van der Waals surface area contributed by atoms with Gasteiger partial charge in [0, 0.05) is 24.8 Å². The third-order valence-corrected chi connectivity index (χ3v) is 3.36. The van der Waals surface area contributed by atoms with Crippen LogP contribution >= 0.6 is 11.6 Å². The Morgan fingerprint density at radius 2 is 1.75 bits per heavy atom. The normalized spacial score (nSPS) is 11.8. The molecule has 9 nitrogen and oxygen atoms in total. The zero-order chi connectivity index (χ0) is 21.3. The lowest BCUT2D eigenvalue weighted by atomic mass is 10.2. The minimum Gasteiger partial charge on any atom is -0.494 e. The molecule has 0 saturated carbocycles. The Bertz CT molecular complexity index is 704. The van der Waals surface area contributed by atoms with Crippen LogP contribution in [-0.2, 0) is 9.53 Å². The highest BCUT2D eigenvalue weighted by Crippen LogP contribution is 2.28. The van der Waals surface area contributed by atoms with Gasteiger partial charge in [-0.3, -0.25) is 10.1 Å². The molecule has 0 unspecified atom stereocenters. The predicted octanol–water partition coefficient (Wildman–Crippen LogP) is 2.91. The number of benzene rings is 1. The zero-order valence-corrected chi connectivity index (χ0v) is 17.4. The molecular weight excluding hydrogens is 388 g/mol. The highest BCUT2D eigenvalue weighted by atomic mass is 35.5. The van der Waals surface area contributed by atoms with Crippen molar-refractivity contribution in [3.8, 4) is 5.75 Å². The number of ether oxygens (including phenoxy) is 2. The van der Waals surface area contributed by atoms with Crippen molar-refractivity contribution in [3.05, 3.63) is 18.2 Å². The van der Waals surface area contributed by atoms with E-state index in [4.69, 9.17) is 21.1 Å². The molecule has 0 heterocycles. The molecule has 10 heteroatoms. The number of alkyl halides is 1. The van der Waals surface area contributed by atoms with Crippen molar-refractivity contribution >= 4 is 41.0 Å². The Morgan fingerprint density at radius 1 is 1.11 bits per heavy atom. The fourth-order valence-electron chi connectivity index (χ4n) is 1.96. The quantitative estimate of drug-likeness (QED) is 0.404. The number of urea groups is 1. The van der Waals surface area contributed by atoms with Crippen LogP contribution in [0.4, 0.5) is 21.0 Å². The smallest absolute Gasteiger partial charge is 0.412 e. The first-order valence-corrected chi connectivity index (χ1v) is 9.10. The second kappa shape index (κ2) is 10.6. The minimum atomic E-state index is -0.630. The highest BCUT2D eigenvalue weighted by Gasteiger charge is 2.18. The van der Waals surface area contributed by atoms with E-state index >= 15 is 0 Å². The summed E-state index contributed by atoms with van der Waals surface area (Å²) in [6.45, 7) is 7.33. The topological polar surface area (TPSA) is 118 Å². The van der Waals surface area contributed by atoms with E-state index in [-0.39, 0.29) is 19.0 Å². The molecule has 1 aromatic carbocycles. The zero-order valence-electron chi connectivity index (χ0n) is 16.6. The second-order valence-corrected chi connectivity index (χ2v) is 7.48. The van der Waals surface area contributed by atoms with Crippen LogP contribution in [0.1, 0.15) is 27.7 Å². The molecule has 0 saturated heterocycles. The summed E-state index contributed by atoms with van der Waals surface area (Å²) in [5, 5.41) is 9.77. The number of hydrogen-bond acceptors (Lipinski definition) is 5. The maximum atomic E-state index is 11.9. The Labute approximate surface area is 169 Å². The van der Waals surface area contributed by atoms with Crippen molar-refractivity contribution in [2.24, 2.45) is 0 Å². The summed E-state index contributed by atoms with van der Waals surface area (Å²) < 4.78 is 10.4. The Balaban J connectivity index is 2.57. The minimum absolute atomic E-state index is 0.233. The first-order valence-electron chi connectivity index (χ1n) is 8.66. The molecule has 4 N–H and O–H groups in total. The lowest BCUT2D eigenvalue weighted by molar-refractivity contribution is -0.120. The number of carbonyl (C=O) groups is 3. The van der Waals surface area contributed by atoms with Gasteiger partial charge in [0.15, 0.2) is 0 Å². The summed E-state index contributed by atoms with van der Waals surface area (Å²) >= 11 is 5.62. The van der Waals surface area contributed by atoms with Crippen molar-refractivity contribution in [3.63, 3.8) is 0 Å². The van der Waals surface area contributed by atoms with Gasteiger partial charge in [0.25, 0.3) is 0 Å². The Morgan fingerprint density at radius 3 is 2.32 bits per heavy atom. The van der Waals surface area contributed by atoms with Crippen molar-refractivity contribution in [1.82, 2.24) is 10.6 Å². The molecule has 0 aliphatic carbocycles. The molecular formula is C18H27ClN4O5. The van der Waals surface area contributed by atoms with Gasteiger partial charge in [-0.05, 0) is 39.8 Å². The molecule has 156 valence electrons. The van der Waals surface area contributed by atoms with E-state index in [2.05, 4.69) is 21.3 Å². The van der Waals surface area contributed by atoms with E-state index in [1.165, 1.54) is 7.11 Å². The standard InChI is InChI=1S/C18H27ClN4O5/c1-11(19)15(24)20-8-9-21-16(25)22-12-6-7-13(14(10-12)27-5)23-17(26)28-18(2,3)4/h6-7,10-11H,8-9H2,1-5H3,(H,20,24)(H,23,26)(H2,21,22,25)/t11-/m1/s1. The molecule has 0 aliphatic heterocycles. The van der Waals surface area contributed by atoms with Crippen molar-refractivity contribution < 1.29 is 23.9 Å². The van der Waals surface area contributed by atoms with Crippen LogP contribution < -0.4 is 26.0 Å². The largest absolute Gasteiger partial charge is 0.494 e. The number of anilines is 2. The maximum absolute atomic E-state index is 11.9. The number of nitrogens with one attached hydrogen (secondary N) is 4. The van der Waals surface area contributed by atoms with Crippen LogP contribution in [0.3, 0.4) is 0 Å². The molecule has 1 atom stereocenters. The summed E-state index contributed by atoms with van der Waals surface area (Å²) in [7, 11) is 1.44. The van der Waals surface area contributed by atoms with Crippen molar-refractivity contribution in [2.45, 2.75) is 38.7 Å². The van der Waals surface area contributed by atoms with E-state index in [9.17, 15) is 14.4 Å². The van der Waals surface area contributed by atoms with Gasteiger partial charge in [-0.2, -0.15) is 0 Å². The number of hydrogen-bond donors (Lipinski definition) is 4. The number of rotatable bonds is 7. The SMILES string of the molecule is COc1cc(NC(=O)NCCNC(=O)[C@@H](C)Cl)ccc1NC(=O)OC(C)(C)C. The molecule has 0 radical (unpaired) electrons. The van der Waals surface area contributed by atoms with Crippen LogP contribution in [0.15, 0.2) is 18.2 Å². The summed E-state index contributed by atoms with van der Waals surface area (Å²) in [6.07, 6.45) is -0.613. The highest BCUT2D eigenvalue weighted by molar-refractivity contribution is 6.30. The van der Waals surface area contributed by atoms with E-state index in [1.807, 2.05) is 0 Å². The summed E-state index contributed by atoms with van der Waals surface area (Å²) in [4.78, 5) is 35.1. The molecule has 0 aliphatic rings. The molecule has 4 amide bonds. The van der Waals surface area contributed by atoms with Crippen molar-refractivity contribution in [1.29, 1.82) is 0 Å². The maximum Gasteiger partial charge on any atom is 0.412 e. The molecule has 1 rings (SSSR count). The molecule has 0 aromatic heterocycles. The first kappa shape index (κ1) is 23.4. The van der Waals surface area contributed by atoms with Gasteiger partial charge in [-0.1, -0.05) is 0 Å². The summed E-state index contributed by atoms with van der Waals surface area (Å²) in [5.41, 5.74) is 0.237. The van der Waals surface area contributed by atoms with Gasteiger partial charge in [0.2, 0.25) is 5.91 Å². The van der Waals surface area contributed by atoms with Crippen LogP contribution in [0.2, 0.25) is 0 Å². The van der Waals surface area contributed by atoms with Crippen LogP contribution in [0.5, 0.6) is 5.75 Å². The first-order chi connectivity index (χ1) is 13.0. The number of amides is 4. The van der Waals surface area contributed by atoms with Crippen LogP contribution in [0, 0.1) is 0 Å². The summed E-state index contributed by atoms with van der Waals surface area (Å²) in [5.74, 6) is 0.0497. The third kappa shape index (κ3) is 8.81. The number of halogens is 1. The van der Waals surface area contributed by atoms with Gasteiger partial charge >= 0.3 is 12.1 Å². The average molecular weight is 415 g/mol. The van der Waals surface area contributed by atoms with E-state index in [1.54, 1.807) is 45.9 Å². The molecule has 0 spiro atoms. The average Bonchev–Trinajstić information content (AvgIpc) is 2.58. The second-order valence-electron chi connectivity index (χ2n) is 6.83. The van der Waals surface area contributed by atoms with E-state index < -0.39 is 23.1 Å². The molecule has 0 bridgehead atoms. The fourth-order valence-corrected chi connectivity index (χ4v) is 2.04. The van der Waals surface area contributed by atoms with Gasteiger partial charge in [-0.15, -0.1) is 11.6 Å². The van der Waals surface area contributed by atoms with Gasteiger partial charge in [0.1, 0.15) is 16.7 Å². The van der Waals surface area contributed by atoms with Gasteiger partial charge in [0.05, 0.1) is 12.8 Å². The Kier molecular flexibility index (Phi) is 8.84. The fraction of sp³-hybridized carbons (Fsp3) is 0.500. The Hall–Kier alpha value is -2.68. The lowest BCUT2D eigenvalue weighted by Crippen LogP contribution is -2.38. The molecule has 28 heavy (non-hydrogen) atoms. The van der Waals surface area contributed by atoms with E-state index in [0.29, 0.717) is 17.1 Å². The molecule has 0 fully saturated rings. The molecule has 1 aromatic rings. The van der Waals surface area contributed by atoms with Crippen LogP contribution in [0.25, 0.3) is 0 Å². The summed E-state index contributed by atoms with van der Waals surface area (Å²) in [6, 6.07) is 4.29. The monoisotopic (exact) mass is 414 g/mol. The van der Waals surface area contributed by atoms with Gasteiger partial charge in [-0.25, -0.2) is 9.59 Å². The lowest BCUT2D eigenvalue weighted by Gasteiger charge is -2.20. The van der Waals surface area contributed by atoms with Crippen LogP contribution in [-0.4, -0.2) is 49.2 Å². The number of methoxy groups -OCH3 is 1. The van der Waals surface area contributed by atoms with Gasteiger partial charge < -0.3 is 25.4 Å². The third-order valence-electron chi connectivity index (χ3n) is 3.17.